The van der Waals surface area contributed by atoms with Crippen LogP contribution < -0.4 is 5.32 Å². The van der Waals surface area contributed by atoms with E-state index in [1.54, 1.807) is 17.4 Å². The van der Waals surface area contributed by atoms with Crippen LogP contribution in [0.3, 0.4) is 0 Å². The number of carbonyl (C=O) groups is 1. The predicted molar refractivity (Wildman–Crippen MR) is 91.2 cm³/mol. The van der Waals surface area contributed by atoms with Gasteiger partial charge in [-0.15, -0.1) is 11.3 Å². The molecular formula is C16H18BrFN2OS. The molecule has 3 nitrogen and oxygen atoms in total. The minimum Gasteiger partial charge on any atom is -0.350 e. The molecule has 2 rings (SSSR count). The van der Waals surface area contributed by atoms with Crippen LogP contribution in [-0.2, 0) is 17.9 Å². The summed E-state index contributed by atoms with van der Waals surface area (Å²) >= 11 is 4.99. The highest BCUT2D eigenvalue weighted by Crippen LogP contribution is 2.19. The molecule has 0 aliphatic carbocycles. The first-order valence-electron chi connectivity index (χ1n) is 7.04. The Hall–Kier alpha value is -1.24. The van der Waals surface area contributed by atoms with Crippen molar-refractivity contribution >= 4 is 33.2 Å². The predicted octanol–water partition coefficient (Wildman–Crippen LogP) is 3.79. The number of amides is 1. The summed E-state index contributed by atoms with van der Waals surface area (Å²) in [6, 6.07) is 8.59. The number of nitrogens with zero attached hydrogens (tertiary/aromatic N) is 1. The van der Waals surface area contributed by atoms with Gasteiger partial charge in [-0.2, -0.15) is 0 Å². The molecule has 0 bridgehead atoms. The van der Waals surface area contributed by atoms with Crippen molar-refractivity contribution in [2.24, 2.45) is 0 Å². The van der Waals surface area contributed by atoms with Crippen molar-refractivity contribution in [1.29, 1.82) is 0 Å². The van der Waals surface area contributed by atoms with E-state index in [1.807, 2.05) is 29.3 Å². The van der Waals surface area contributed by atoms with Crippen molar-refractivity contribution < 1.29 is 9.18 Å². The molecule has 0 unspecified atom stereocenters. The molecule has 0 saturated carbocycles. The van der Waals surface area contributed by atoms with E-state index in [0.29, 0.717) is 19.6 Å². The largest absolute Gasteiger partial charge is 0.350 e. The normalized spacial score (nSPS) is 10.9. The molecule has 118 valence electrons. The van der Waals surface area contributed by atoms with Crippen LogP contribution in [0.1, 0.15) is 17.4 Å². The van der Waals surface area contributed by atoms with E-state index in [4.69, 9.17) is 0 Å². The van der Waals surface area contributed by atoms with E-state index in [2.05, 4.69) is 21.2 Å². The lowest BCUT2D eigenvalue weighted by molar-refractivity contribution is -0.122. The zero-order chi connectivity index (χ0) is 15.9. The van der Waals surface area contributed by atoms with E-state index in [-0.39, 0.29) is 11.7 Å². The second kappa shape index (κ2) is 8.41. The number of halogens is 2. The van der Waals surface area contributed by atoms with Gasteiger partial charge in [0.05, 0.1) is 13.1 Å². The monoisotopic (exact) mass is 384 g/mol. The number of hydrogen-bond acceptors (Lipinski definition) is 3. The Morgan fingerprint density at radius 1 is 1.41 bits per heavy atom. The maximum atomic E-state index is 13.1. The molecule has 0 spiro atoms. The van der Waals surface area contributed by atoms with E-state index in [1.165, 1.54) is 12.1 Å². The number of benzene rings is 1. The Bertz CT molecular complexity index is 619. The topological polar surface area (TPSA) is 32.3 Å². The lowest BCUT2D eigenvalue weighted by Crippen LogP contribution is -2.36. The average Bonchev–Trinajstić information content (AvgIpc) is 3.00. The molecule has 6 heteroatoms. The number of thiophene rings is 1. The molecule has 1 aromatic carbocycles. The summed E-state index contributed by atoms with van der Waals surface area (Å²) in [5.74, 6) is -0.277. The zero-order valence-electron chi connectivity index (χ0n) is 12.3. The van der Waals surface area contributed by atoms with Gasteiger partial charge in [0.1, 0.15) is 5.82 Å². The Balaban J connectivity index is 1.87. The van der Waals surface area contributed by atoms with Crippen molar-refractivity contribution in [3.05, 3.63) is 56.4 Å². The van der Waals surface area contributed by atoms with E-state index >= 15 is 0 Å². The number of nitrogens with one attached hydrogen (secondary N) is 1. The van der Waals surface area contributed by atoms with Gasteiger partial charge in [0, 0.05) is 15.9 Å². The first-order valence-corrected chi connectivity index (χ1v) is 8.71. The van der Waals surface area contributed by atoms with Crippen LogP contribution in [0.15, 0.2) is 40.2 Å². The van der Waals surface area contributed by atoms with Crippen molar-refractivity contribution in [3.63, 3.8) is 0 Å². The Kier molecular flexibility index (Phi) is 6.54. The van der Waals surface area contributed by atoms with Crippen LogP contribution in [0, 0.1) is 5.82 Å². The standard InChI is InChI=1S/C16H18BrFN2OS/c1-2-20(10-12-5-6-13(18)8-15(12)17)11-16(21)19-9-14-4-3-7-22-14/h3-8H,2,9-11H2,1H3,(H,19,21). The maximum Gasteiger partial charge on any atom is 0.234 e. The van der Waals surface area contributed by atoms with Gasteiger partial charge < -0.3 is 5.32 Å². The summed E-state index contributed by atoms with van der Waals surface area (Å²) in [4.78, 5) is 15.2. The van der Waals surface area contributed by atoms with Crippen molar-refractivity contribution in [1.82, 2.24) is 10.2 Å². The summed E-state index contributed by atoms with van der Waals surface area (Å²) < 4.78 is 13.8. The number of hydrogen-bond donors (Lipinski definition) is 1. The summed E-state index contributed by atoms with van der Waals surface area (Å²) in [5.41, 5.74) is 0.967. The zero-order valence-corrected chi connectivity index (χ0v) is 14.7. The second-order valence-electron chi connectivity index (χ2n) is 4.90. The molecule has 0 fully saturated rings. The molecule has 2 aromatic rings. The lowest BCUT2D eigenvalue weighted by Gasteiger charge is -2.20. The minimum absolute atomic E-state index is 0.00603. The maximum absolute atomic E-state index is 13.1. The second-order valence-corrected chi connectivity index (χ2v) is 6.78. The molecular weight excluding hydrogens is 367 g/mol. The highest BCUT2D eigenvalue weighted by atomic mass is 79.9. The van der Waals surface area contributed by atoms with Gasteiger partial charge in [0.15, 0.2) is 0 Å². The van der Waals surface area contributed by atoms with E-state index < -0.39 is 0 Å². The summed E-state index contributed by atoms with van der Waals surface area (Å²) in [6.45, 7) is 4.24. The van der Waals surface area contributed by atoms with Crippen molar-refractivity contribution in [2.75, 3.05) is 13.1 Å². The lowest BCUT2D eigenvalue weighted by atomic mass is 10.2. The van der Waals surface area contributed by atoms with Crippen LogP contribution in [0.4, 0.5) is 4.39 Å². The smallest absolute Gasteiger partial charge is 0.234 e. The van der Waals surface area contributed by atoms with Gasteiger partial charge in [-0.05, 0) is 35.7 Å². The number of carbonyl (C=O) groups excluding carboxylic acids is 1. The molecule has 22 heavy (non-hydrogen) atoms. The Labute approximate surface area is 142 Å². The van der Waals surface area contributed by atoms with Crippen LogP contribution in [0.25, 0.3) is 0 Å². The molecule has 0 atom stereocenters. The third kappa shape index (κ3) is 5.19. The molecule has 0 saturated heterocycles. The fourth-order valence-corrected chi connectivity index (χ4v) is 3.15. The van der Waals surface area contributed by atoms with Gasteiger partial charge in [0.25, 0.3) is 0 Å². The summed E-state index contributed by atoms with van der Waals surface area (Å²) in [5, 5.41) is 4.91. The van der Waals surface area contributed by atoms with Crippen LogP contribution in [-0.4, -0.2) is 23.9 Å². The number of rotatable bonds is 7. The van der Waals surface area contributed by atoms with Crippen molar-refractivity contribution in [2.45, 2.75) is 20.0 Å². The number of likely N-dealkylation sites (N-methyl/N-ethyl adjacent to an activating group) is 1. The first kappa shape index (κ1) is 17.1. The van der Waals surface area contributed by atoms with Crippen LogP contribution >= 0.6 is 27.3 Å². The third-order valence-electron chi connectivity index (χ3n) is 3.26. The average molecular weight is 385 g/mol. The fraction of sp³-hybridized carbons (Fsp3) is 0.312. The van der Waals surface area contributed by atoms with Gasteiger partial charge in [-0.25, -0.2) is 4.39 Å². The highest BCUT2D eigenvalue weighted by molar-refractivity contribution is 9.10. The molecule has 0 aliphatic heterocycles. The summed E-state index contributed by atoms with van der Waals surface area (Å²) in [7, 11) is 0. The molecule has 1 N–H and O–H groups in total. The van der Waals surface area contributed by atoms with E-state index in [0.717, 1.165) is 21.5 Å². The van der Waals surface area contributed by atoms with Gasteiger partial charge in [-0.1, -0.05) is 35.0 Å². The molecule has 0 radical (unpaired) electrons. The minimum atomic E-state index is -0.271. The van der Waals surface area contributed by atoms with Gasteiger partial charge >= 0.3 is 0 Å². The molecule has 1 amide bonds. The van der Waals surface area contributed by atoms with Crippen molar-refractivity contribution in [3.8, 4) is 0 Å². The Morgan fingerprint density at radius 2 is 2.23 bits per heavy atom. The molecule has 1 heterocycles. The van der Waals surface area contributed by atoms with Crippen LogP contribution in [0.2, 0.25) is 0 Å². The van der Waals surface area contributed by atoms with Gasteiger partial charge in [0.2, 0.25) is 5.91 Å². The first-order chi connectivity index (χ1) is 10.6. The quantitative estimate of drug-likeness (QED) is 0.787. The van der Waals surface area contributed by atoms with Crippen LogP contribution in [0.5, 0.6) is 0 Å². The molecule has 1 aromatic heterocycles. The Morgan fingerprint density at radius 3 is 2.86 bits per heavy atom. The third-order valence-corrected chi connectivity index (χ3v) is 4.88. The van der Waals surface area contributed by atoms with Gasteiger partial charge in [-0.3, -0.25) is 9.69 Å². The fourth-order valence-electron chi connectivity index (χ4n) is 2.03. The highest BCUT2D eigenvalue weighted by Gasteiger charge is 2.11. The van der Waals surface area contributed by atoms with E-state index in [9.17, 15) is 9.18 Å². The SMILES string of the molecule is CCN(CC(=O)NCc1cccs1)Cc1ccc(F)cc1Br. The summed E-state index contributed by atoms with van der Waals surface area (Å²) in [6.07, 6.45) is 0. The molecule has 0 aliphatic rings.